The van der Waals surface area contributed by atoms with Crippen molar-refractivity contribution < 1.29 is 0 Å². The van der Waals surface area contributed by atoms with Gasteiger partial charge in [0, 0.05) is 0 Å². The Labute approximate surface area is 105 Å². The van der Waals surface area contributed by atoms with Crippen LogP contribution < -0.4 is 0 Å². The third kappa shape index (κ3) is 205. The molecule has 0 aliphatic rings. The zero-order chi connectivity index (χ0) is 13.7. The van der Waals surface area contributed by atoms with Crippen LogP contribution in [-0.2, 0) is 0 Å². The van der Waals surface area contributed by atoms with E-state index < -0.39 is 0 Å². The predicted octanol–water partition coefficient (Wildman–Crippen LogP) is 6.00. The number of hydrogen-bond donors (Lipinski definition) is 0. The van der Waals surface area contributed by atoms with Crippen molar-refractivity contribution in [3.05, 3.63) is 24.3 Å². The van der Waals surface area contributed by atoms with Crippen LogP contribution in [-0.4, -0.2) is 0 Å². The Hall–Kier alpha value is -0.960. The van der Waals surface area contributed by atoms with E-state index in [2.05, 4.69) is 25.7 Å². The van der Waals surface area contributed by atoms with Crippen LogP contribution in [0.1, 0.15) is 68.2 Å². The van der Waals surface area contributed by atoms with Gasteiger partial charge in [0.15, 0.2) is 0 Å². The first-order valence-electron chi connectivity index (χ1n) is 6.14. The van der Waals surface area contributed by atoms with Crippen molar-refractivity contribution in [1.82, 2.24) is 0 Å². The van der Waals surface area contributed by atoms with Gasteiger partial charge in [-0.2, -0.15) is 0 Å². The van der Waals surface area contributed by atoms with Crippen LogP contribution in [0.15, 0.2) is 24.3 Å². The molecule has 0 radical (unpaired) electrons. The van der Waals surface area contributed by atoms with E-state index in [1.54, 1.807) is 0 Å². The molecule has 0 rings (SSSR count). The van der Waals surface area contributed by atoms with E-state index >= 15 is 0 Å². The van der Waals surface area contributed by atoms with E-state index in [4.69, 9.17) is 0 Å². The molecule has 0 atom stereocenters. The van der Waals surface area contributed by atoms with Crippen molar-refractivity contribution in [2.45, 2.75) is 68.2 Å². The van der Waals surface area contributed by atoms with Gasteiger partial charge in [0.25, 0.3) is 0 Å². The minimum Gasteiger partial charge on any atom is -0.107 e. The average Bonchev–Trinajstić information content (AvgIpc) is 2.39. The molecular weight excluding hydrogens is 192 g/mol. The van der Waals surface area contributed by atoms with Gasteiger partial charge in [-0.15, -0.1) is 11.8 Å². The Bertz CT molecular complexity index is 136. The Balaban J connectivity index is -0.0000000600. The lowest BCUT2D eigenvalue weighted by molar-refractivity contribution is 0.886. The standard InChI is InChI=1S/C4H10.2C4H8.C4H6/c4*1-3-4-2/h3-4H2,1-2H3;2*3-4H,1-2H3;1-2H3/b;4-3+;4-3-;. The highest BCUT2D eigenvalue weighted by Crippen LogP contribution is 1.76. The molecule has 0 aromatic heterocycles. The molecular formula is C16H32. The van der Waals surface area contributed by atoms with Crippen LogP contribution in [0.4, 0.5) is 0 Å². The summed E-state index contributed by atoms with van der Waals surface area (Å²) in [5.74, 6) is 5.36. The molecule has 0 aliphatic heterocycles. The molecule has 0 N–H and O–H groups in total. The minimum absolute atomic E-state index is 1.32. The quantitative estimate of drug-likeness (QED) is 0.378. The molecule has 0 saturated carbocycles. The molecule has 0 aliphatic carbocycles. The van der Waals surface area contributed by atoms with Gasteiger partial charge in [-0.25, -0.2) is 0 Å². The van der Waals surface area contributed by atoms with Crippen molar-refractivity contribution in [2.24, 2.45) is 0 Å². The highest BCUT2D eigenvalue weighted by atomic mass is 13.6. The fourth-order valence-electron chi connectivity index (χ4n) is 0. The van der Waals surface area contributed by atoms with Crippen molar-refractivity contribution in [3.8, 4) is 11.8 Å². The van der Waals surface area contributed by atoms with Crippen LogP contribution in [0.3, 0.4) is 0 Å². The van der Waals surface area contributed by atoms with Crippen molar-refractivity contribution in [1.29, 1.82) is 0 Å². The van der Waals surface area contributed by atoms with Gasteiger partial charge in [0.05, 0.1) is 0 Å². The van der Waals surface area contributed by atoms with E-state index in [0.29, 0.717) is 0 Å². The largest absolute Gasteiger partial charge is 0.107 e. The second kappa shape index (κ2) is 48.2. The summed E-state index contributed by atoms with van der Waals surface area (Å²) in [5.41, 5.74) is 0. The lowest BCUT2D eigenvalue weighted by atomic mass is 10.4. The zero-order valence-corrected chi connectivity index (χ0v) is 12.7. The second-order valence-electron chi connectivity index (χ2n) is 2.83. The molecule has 0 aromatic carbocycles. The molecule has 0 amide bonds. The number of rotatable bonds is 1. The zero-order valence-electron chi connectivity index (χ0n) is 12.7. The SMILES string of the molecule is C/C=C/C.C/C=C\C.CC#CC.CCCC. The summed E-state index contributed by atoms with van der Waals surface area (Å²) in [7, 11) is 0. The van der Waals surface area contributed by atoms with Gasteiger partial charge in [-0.1, -0.05) is 51.0 Å². The van der Waals surface area contributed by atoms with Gasteiger partial charge in [-0.3, -0.25) is 0 Å². The average molecular weight is 224 g/mol. The van der Waals surface area contributed by atoms with E-state index in [-0.39, 0.29) is 0 Å². The van der Waals surface area contributed by atoms with E-state index in [1.165, 1.54) is 12.8 Å². The normalized spacial score (nSPS) is 7.50. The summed E-state index contributed by atoms with van der Waals surface area (Å²) in [6.45, 7) is 16.0. The molecule has 0 aromatic rings. The van der Waals surface area contributed by atoms with Crippen LogP contribution in [0.5, 0.6) is 0 Å². The van der Waals surface area contributed by atoms with Gasteiger partial charge >= 0.3 is 0 Å². The lowest BCUT2D eigenvalue weighted by Gasteiger charge is -1.68. The third-order valence-electron chi connectivity index (χ3n) is 1.42. The summed E-state index contributed by atoms with van der Waals surface area (Å²) >= 11 is 0. The maximum absolute atomic E-state index is 2.68. The summed E-state index contributed by atoms with van der Waals surface area (Å²) in [6.07, 6.45) is 10.6. The van der Waals surface area contributed by atoms with Gasteiger partial charge in [0.2, 0.25) is 0 Å². The maximum Gasteiger partial charge on any atom is -0.00271 e. The van der Waals surface area contributed by atoms with Gasteiger partial charge in [0.1, 0.15) is 0 Å². The highest BCUT2D eigenvalue weighted by molar-refractivity contribution is 4.89. The van der Waals surface area contributed by atoms with Crippen molar-refractivity contribution in [3.63, 3.8) is 0 Å². The van der Waals surface area contributed by atoms with Crippen LogP contribution >= 0.6 is 0 Å². The Morgan fingerprint density at radius 2 is 0.812 bits per heavy atom. The first-order valence-corrected chi connectivity index (χ1v) is 6.14. The van der Waals surface area contributed by atoms with Crippen molar-refractivity contribution >= 4 is 0 Å². The van der Waals surface area contributed by atoms with Crippen LogP contribution in [0.2, 0.25) is 0 Å². The van der Waals surface area contributed by atoms with Gasteiger partial charge < -0.3 is 0 Å². The Kier molecular flexibility index (Phi) is 73.2. The van der Waals surface area contributed by atoms with Crippen LogP contribution in [0.25, 0.3) is 0 Å². The Morgan fingerprint density at radius 3 is 0.812 bits per heavy atom. The van der Waals surface area contributed by atoms with E-state index in [9.17, 15) is 0 Å². The lowest BCUT2D eigenvalue weighted by Crippen LogP contribution is -1.47. The van der Waals surface area contributed by atoms with E-state index in [0.717, 1.165) is 0 Å². The second-order valence-corrected chi connectivity index (χ2v) is 2.83. The monoisotopic (exact) mass is 224 g/mol. The number of allylic oxidation sites excluding steroid dienone is 4. The first-order chi connectivity index (χ1) is 7.66. The molecule has 0 unspecified atom stereocenters. The Morgan fingerprint density at radius 1 is 0.625 bits per heavy atom. The highest BCUT2D eigenvalue weighted by Gasteiger charge is 1.56. The van der Waals surface area contributed by atoms with Gasteiger partial charge in [-0.05, 0) is 41.5 Å². The molecule has 16 heavy (non-hydrogen) atoms. The first kappa shape index (κ1) is 24.3. The fourth-order valence-corrected chi connectivity index (χ4v) is 0. The minimum atomic E-state index is 1.32. The fraction of sp³-hybridized carbons (Fsp3) is 0.625. The molecule has 0 bridgehead atoms. The predicted molar refractivity (Wildman–Crippen MR) is 80.7 cm³/mol. The summed E-state index contributed by atoms with van der Waals surface area (Å²) in [6, 6.07) is 0. The molecule has 0 nitrogen and oxygen atoms in total. The summed E-state index contributed by atoms with van der Waals surface area (Å²) in [4.78, 5) is 0. The molecule has 0 fully saturated rings. The molecule has 96 valence electrons. The third-order valence-corrected chi connectivity index (χ3v) is 1.42. The maximum atomic E-state index is 2.68. The van der Waals surface area contributed by atoms with E-state index in [1.807, 2.05) is 65.8 Å². The molecule has 0 heteroatoms. The number of unbranched alkanes of at least 4 members (excludes halogenated alkanes) is 1. The van der Waals surface area contributed by atoms with Crippen LogP contribution in [0, 0.1) is 11.8 Å². The summed E-state index contributed by atoms with van der Waals surface area (Å²) in [5, 5.41) is 0. The molecule has 0 heterocycles. The number of hydrogen-bond acceptors (Lipinski definition) is 0. The molecule has 0 saturated heterocycles. The smallest absolute Gasteiger partial charge is 0.00271 e. The summed E-state index contributed by atoms with van der Waals surface area (Å²) < 4.78 is 0. The topological polar surface area (TPSA) is 0 Å². The molecule has 0 spiro atoms. The van der Waals surface area contributed by atoms with Crippen molar-refractivity contribution in [2.75, 3.05) is 0 Å².